The number of amides is 1. The van der Waals surface area contributed by atoms with Gasteiger partial charge in [-0.05, 0) is 42.5 Å². The summed E-state index contributed by atoms with van der Waals surface area (Å²) < 4.78 is 5.16. The molecule has 7 heteroatoms. The fourth-order valence-corrected chi connectivity index (χ4v) is 5.89. The second-order valence-electron chi connectivity index (χ2n) is 6.25. The van der Waals surface area contributed by atoms with Crippen LogP contribution >= 0.6 is 34.9 Å². The predicted octanol–water partition coefficient (Wildman–Crippen LogP) is 5.94. The Balaban J connectivity index is 1.27. The van der Waals surface area contributed by atoms with Crippen molar-refractivity contribution in [1.29, 1.82) is 0 Å². The first kappa shape index (κ1) is 19.4. The highest BCUT2D eigenvalue weighted by Crippen LogP contribution is 2.44. The van der Waals surface area contributed by atoms with E-state index in [1.54, 1.807) is 30.2 Å². The minimum Gasteiger partial charge on any atom is -0.497 e. The van der Waals surface area contributed by atoms with Gasteiger partial charge in [0.15, 0.2) is 5.13 Å². The molecule has 1 amide bonds. The van der Waals surface area contributed by atoms with Crippen LogP contribution in [0.25, 0.3) is 11.3 Å². The SMILES string of the molecule is COc1ccc(SCCCC(=O)Nc2nc3c(s2)CSc2ccccc2-3)cc1. The van der Waals surface area contributed by atoms with Crippen LogP contribution in [0.15, 0.2) is 58.3 Å². The van der Waals surface area contributed by atoms with Crippen LogP contribution < -0.4 is 10.1 Å². The molecule has 4 nitrogen and oxygen atoms in total. The first-order chi connectivity index (χ1) is 13.7. The molecule has 0 atom stereocenters. The quantitative estimate of drug-likeness (QED) is 0.373. The molecule has 2 heterocycles. The van der Waals surface area contributed by atoms with E-state index in [1.807, 2.05) is 42.1 Å². The Morgan fingerprint density at radius 2 is 2.04 bits per heavy atom. The second-order valence-corrected chi connectivity index (χ2v) is 9.52. The number of aromatic nitrogens is 1. The first-order valence-electron chi connectivity index (χ1n) is 9.01. The summed E-state index contributed by atoms with van der Waals surface area (Å²) >= 11 is 5.16. The van der Waals surface area contributed by atoms with Gasteiger partial charge in [-0.15, -0.1) is 34.9 Å². The molecule has 0 spiro atoms. The lowest BCUT2D eigenvalue weighted by Gasteiger charge is -2.13. The van der Waals surface area contributed by atoms with Crippen LogP contribution in [0.4, 0.5) is 5.13 Å². The number of ether oxygens (including phenoxy) is 1. The highest BCUT2D eigenvalue weighted by atomic mass is 32.2. The van der Waals surface area contributed by atoms with Gasteiger partial charge in [-0.3, -0.25) is 4.79 Å². The number of thioether (sulfide) groups is 2. The van der Waals surface area contributed by atoms with Gasteiger partial charge in [-0.1, -0.05) is 18.2 Å². The van der Waals surface area contributed by atoms with Gasteiger partial charge in [0.1, 0.15) is 5.75 Å². The van der Waals surface area contributed by atoms with Crippen LogP contribution in [0.5, 0.6) is 5.75 Å². The fourth-order valence-electron chi connectivity index (χ4n) is 2.92. The van der Waals surface area contributed by atoms with Crippen LogP contribution in [0.2, 0.25) is 0 Å². The van der Waals surface area contributed by atoms with Crippen molar-refractivity contribution in [3.8, 4) is 17.0 Å². The van der Waals surface area contributed by atoms with Gasteiger partial charge < -0.3 is 10.1 Å². The standard InChI is InChI=1S/C21H20N2O2S3/c1-25-14-8-10-15(11-9-14)26-12-4-7-19(24)22-21-23-20-16-5-2-3-6-17(16)27-13-18(20)28-21/h2-3,5-6,8-11H,4,7,12-13H2,1H3,(H,22,23,24). The minimum absolute atomic E-state index is 0.0300. The highest BCUT2D eigenvalue weighted by molar-refractivity contribution is 7.99. The lowest BCUT2D eigenvalue weighted by atomic mass is 10.1. The summed E-state index contributed by atoms with van der Waals surface area (Å²) in [6, 6.07) is 16.3. The van der Waals surface area contributed by atoms with Gasteiger partial charge >= 0.3 is 0 Å². The number of fused-ring (bicyclic) bond motifs is 3. The van der Waals surface area contributed by atoms with E-state index < -0.39 is 0 Å². The Hall–Kier alpha value is -1.96. The zero-order chi connectivity index (χ0) is 19.3. The van der Waals surface area contributed by atoms with E-state index in [9.17, 15) is 4.79 Å². The molecule has 0 saturated heterocycles. The van der Waals surface area contributed by atoms with Crippen LogP contribution in [-0.4, -0.2) is 23.8 Å². The molecule has 0 unspecified atom stereocenters. The van der Waals surface area contributed by atoms with E-state index in [2.05, 4.69) is 28.5 Å². The van der Waals surface area contributed by atoms with E-state index in [-0.39, 0.29) is 5.91 Å². The van der Waals surface area contributed by atoms with Crippen molar-refractivity contribution in [3.05, 3.63) is 53.4 Å². The fraction of sp³-hybridized carbons (Fsp3) is 0.238. The van der Waals surface area contributed by atoms with E-state index in [1.165, 1.54) is 20.2 Å². The normalized spacial score (nSPS) is 12.2. The van der Waals surface area contributed by atoms with E-state index in [4.69, 9.17) is 4.74 Å². The summed E-state index contributed by atoms with van der Waals surface area (Å²) in [6.45, 7) is 0. The smallest absolute Gasteiger partial charge is 0.226 e. The van der Waals surface area contributed by atoms with Gasteiger partial charge in [0.2, 0.25) is 5.91 Å². The van der Waals surface area contributed by atoms with E-state index in [0.717, 1.165) is 29.4 Å². The predicted molar refractivity (Wildman–Crippen MR) is 119 cm³/mol. The number of methoxy groups -OCH3 is 1. The van der Waals surface area contributed by atoms with Gasteiger partial charge in [0, 0.05) is 32.4 Å². The molecule has 0 bridgehead atoms. The minimum atomic E-state index is 0.0300. The topological polar surface area (TPSA) is 51.2 Å². The molecule has 144 valence electrons. The third kappa shape index (κ3) is 4.54. The van der Waals surface area contributed by atoms with Gasteiger partial charge in [-0.25, -0.2) is 4.98 Å². The number of hydrogen-bond donors (Lipinski definition) is 1. The Morgan fingerprint density at radius 3 is 2.86 bits per heavy atom. The number of rotatable bonds is 7. The molecule has 0 fully saturated rings. The monoisotopic (exact) mass is 428 g/mol. The molecule has 1 aromatic heterocycles. The summed E-state index contributed by atoms with van der Waals surface area (Å²) in [5, 5.41) is 3.68. The average Bonchev–Trinajstić information content (AvgIpc) is 3.14. The number of nitrogens with one attached hydrogen (secondary N) is 1. The maximum atomic E-state index is 12.3. The summed E-state index contributed by atoms with van der Waals surface area (Å²) in [4.78, 5) is 20.6. The number of carbonyl (C=O) groups excluding carboxylic acids is 1. The highest BCUT2D eigenvalue weighted by Gasteiger charge is 2.21. The Kier molecular flexibility index (Phi) is 6.24. The number of nitrogens with zero attached hydrogens (tertiary/aromatic N) is 1. The first-order valence-corrected chi connectivity index (χ1v) is 11.8. The zero-order valence-electron chi connectivity index (χ0n) is 15.4. The summed E-state index contributed by atoms with van der Waals surface area (Å²) in [7, 11) is 1.66. The molecule has 1 N–H and O–H groups in total. The van der Waals surface area contributed by atoms with Crippen LogP contribution in [0.3, 0.4) is 0 Å². The molecule has 1 aliphatic rings. The molecule has 0 aliphatic carbocycles. The number of anilines is 1. The molecule has 1 aliphatic heterocycles. The van der Waals surface area contributed by atoms with Crippen LogP contribution in [-0.2, 0) is 10.5 Å². The van der Waals surface area contributed by atoms with Crippen LogP contribution in [0.1, 0.15) is 17.7 Å². The summed E-state index contributed by atoms with van der Waals surface area (Å²) in [5.74, 6) is 2.70. The number of thiazole rings is 1. The second kappa shape index (κ2) is 9.03. The summed E-state index contributed by atoms with van der Waals surface area (Å²) in [5.41, 5.74) is 2.19. The average molecular weight is 429 g/mol. The van der Waals surface area contributed by atoms with Gasteiger partial charge in [0.25, 0.3) is 0 Å². The van der Waals surface area contributed by atoms with E-state index >= 15 is 0 Å². The van der Waals surface area contributed by atoms with Crippen molar-refractivity contribution in [2.24, 2.45) is 0 Å². The maximum absolute atomic E-state index is 12.3. The number of carbonyl (C=O) groups is 1. The molecule has 2 aromatic carbocycles. The lowest BCUT2D eigenvalue weighted by molar-refractivity contribution is -0.116. The van der Waals surface area contributed by atoms with E-state index in [0.29, 0.717) is 11.6 Å². The van der Waals surface area contributed by atoms with Crippen LogP contribution in [0, 0.1) is 0 Å². The van der Waals surface area contributed by atoms with Crippen molar-refractivity contribution in [2.45, 2.75) is 28.4 Å². The number of benzene rings is 2. The van der Waals surface area contributed by atoms with Crippen molar-refractivity contribution in [3.63, 3.8) is 0 Å². The molecular weight excluding hydrogens is 408 g/mol. The van der Waals surface area contributed by atoms with Crippen molar-refractivity contribution >= 4 is 45.9 Å². The summed E-state index contributed by atoms with van der Waals surface area (Å²) in [6.07, 6.45) is 1.32. The largest absolute Gasteiger partial charge is 0.497 e. The Bertz CT molecular complexity index is 970. The molecule has 0 radical (unpaired) electrons. The van der Waals surface area contributed by atoms with Crippen molar-refractivity contribution < 1.29 is 9.53 Å². The molecule has 28 heavy (non-hydrogen) atoms. The Morgan fingerprint density at radius 1 is 1.21 bits per heavy atom. The Labute approximate surface area is 177 Å². The molecule has 4 rings (SSSR count). The molecule has 3 aromatic rings. The van der Waals surface area contributed by atoms with Crippen molar-refractivity contribution in [2.75, 3.05) is 18.2 Å². The molecule has 0 saturated carbocycles. The third-order valence-corrected chi connectivity index (χ3v) is 7.67. The van der Waals surface area contributed by atoms with Gasteiger partial charge in [-0.2, -0.15) is 0 Å². The van der Waals surface area contributed by atoms with Gasteiger partial charge in [0.05, 0.1) is 12.8 Å². The maximum Gasteiger partial charge on any atom is 0.226 e. The van der Waals surface area contributed by atoms with Crippen molar-refractivity contribution in [1.82, 2.24) is 4.98 Å². The number of hydrogen-bond acceptors (Lipinski definition) is 6. The zero-order valence-corrected chi connectivity index (χ0v) is 17.9. The molecular formula is C21H20N2O2S3. The third-order valence-electron chi connectivity index (χ3n) is 4.32. The lowest BCUT2D eigenvalue weighted by Crippen LogP contribution is -2.11.